The zero-order valence-corrected chi connectivity index (χ0v) is 19.7. The lowest BCUT2D eigenvalue weighted by Crippen LogP contribution is -2.50. The number of nitrogens with zero attached hydrogens (tertiary/aromatic N) is 5. The fourth-order valence-corrected chi connectivity index (χ4v) is 3.78. The highest BCUT2D eigenvalue weighted by molar-refractivity contribution is 6.42. The van der Waals surface area contributed by atoms with Crippen molar-refractivity contribution < 1.29 is 14.2 Å². The highest BCUT2D eigenvalue weighted by atomic mass is 35.5. The minimum Gasteiger partial charge on any atom is -0.493 e. The lowest BCUT2D eigenvalue weighted by molar-refractivity contribution is -0.0292. The fraction of sp³-hybridized carbons (Fsp3) is 0.273. The number of fused-ring (bicyclic) bond motifs is 1. The zero-order chi connectivity index (χ0) is 24.1. The van der Waals surface area contributed by atoms with E-state index >= 15 is 0 Å². The van der Waals surface area contributed by atoms with Gasteiger partial charge in [-0.3, -0.25) is 0 Å². The van der Waals surface area contributed by atoms with Gasteiger partial charge in [-0.15, -0.1) is 4.99 Å². The van der Waals surface area contributed by atoms with Crippen LogP contribution in [-0.4, -0.2) is 60.3 Å². The number of anilines is 2. The van der Waals surface area contributed by atoms with Gasteiger partial charge >= 0.3 is 0 Å². The molecule has 0 saturated carbocycles. The fourth-order valence-electron chi connectivity index (χ4n) is 3.48. The largest absolute Gasteiger partial charge is 0.493 e. The molecule has 2 heterocycles. The van der Waals surface area contributed by atoms with E-state index in [1.165, 1.54) is 6.33 Å². The molecule has 0 amide bonds. The van der Waals surface area contributed by atoms with Crippen molar-refractivity contribution in [1.82, 2.24) is 14.9 Å². The predicted molar refractivity (Wildman–Crippen MR) is 130 cm³/mol. The highest BCUT2D eigenvalue weighted by Gasteiger charge is 2.23. The molecule has 0 spiro atoms. The van der Waals surface area contributed by atoms with Crippen LogP contribution in [0.3, 0.4) is 0 Å². The first-order valence-corrected chi connectivity index (χ1v) is 11.0. The summed E-state index contributed by atoms with van der Waals surface area (Å²) in [7, 11) is 1.56. The second-order valence-corrected chi connectivity index (χ2v) is 8.13. The number of methoxy groups -OCH3 is 1. The second kappa shape index (κ2) is 10.6. The molecule has 2 aromatic carbocycles. The van der Waals surface area contributed by atoms with Gasteiger partial charge in [0.05, 0.1) is 35.8 Å². The van der Waals surface area contributed by atoms with E-state index in [0.717, 1.165) is 11.1 Å². The maximum absolute atomic E-state index is 8.71. The lowest BCUT2D eigenvalue weighted by Gasteiger charge is -2.33. The first kappa shape index (κ1) is 23.6. The number of aliphatic imine (C=N–C) groups is 1. The number of ether oxygens (including phenoxy) is 3. The molecule has 1 aliphatic rings. The molecule has 1 fully saturated rings. The van der Waals surface area contributed by atoms with Crippen LogP contribution in [0.2, 0.25) is 10.0 Å². The molecule has 10 nitrogen and oxygen atoms in total. The number of hydrogen-bond acceptors (Lipinski definition) is 8. The number of nitrogens with one attached hydrogen (secondary N) is 1. The smallest absolute Gasteiger partial charge is 0.209 e. The van der Waals surface area contributed by atoms with Gasteiger partial charge in [-0.1, -0.05) is 23.2 Å². The molecule has 0 bridgehead atoms. The zero-order valence-electron chi connectivity index (χ0n) is 18.2. The Morgan fingerprint density at radius 1 is 1.29 bits per heavy atom. The topological polar surface area (TPSA) is 131 Å². The normalized spacial score (nSPS) is 16.2. The van der Waals surface area contributed by atoms with Crippen LogP contribution in [0.5, 0.6) is 11.5 Å². The number of guanidine groups is 1. The summed E-state index contributed by atoms with van der Waals surface area (Å²) in [5, 5.41) is 13.6. The van der Waals surface area contributed by atoms with Gasteiger partial charge in [-0.05, 0) is 24.3 Å². The Labute approximate surface area is 205 Å². The molecule has 1 aliphatic heterocycles. The van der Waals surface area contributed by atoms with Crippen LogP contribution in [-0.2, 0) is 4.74 Å². The number of aromatic nitrogens is 2. The number of morpholine rings is 1. The van der Waals surface area contributed by atoms with Crippen molar-refractivity contribution in [2.45, 2.75) is 6.10 Å². The van der Waals surface area contributed by atoms with E-state index in [1.807, 2.05) is 0 Å². The number of nitrogens with two attached hydrogens (primary N) is 1. The van der Waals surface area contributed by atoms with Crippen LogP contribution in [0, 0.1) is 11.5 Å². The predicted octanol–water partition coefficient (Wildman–Crippen LogP) is 3.56. The first-order chi connectivity index (χ1) is 16.5. The molecule has 1 atom stereocenters. The molecule has 176 valence electrons. The molecular weight excluding hydrogens is 481 g/mol. The van der Waals surface area contributed by atoms with Gasteiger partial charge in [0.2, 0.25) is 12.2 Å². The molecule has 34 heavy (non-hydrogen) atoms. The van der Waals surface area contributed by atoms with E-state index in [-0.39, 0.29) is 18.7 Å². The summed E-state index contributed by atoms with van der Waals surface area (Å²) >= 11 is 12.1. The van der Waals surface area contributed by atoms with Crippen molar-refractivity contribution in [1.29, 1.82) is 5.26 Å². The molecule has 0 radical (unpaired) electrons. The summed E-state index contributed by atoms with van der Waals surface area (Å²) in [5.74, 6) is 1.76. The third-order valence-corrected chi connectivity index (χ3v) is 5.89. The van der Waals surface area contributed by atoms with E-state index in [0.29, 0.717) is 52.6 Å². The van der Waals surface area contributed by atoms with E-state index in [2.05, 4.69) is 20.3 Å². The van der Waals surface area contributed by atoms with Gasteiger partial charge in [0.1, 0.15) is 24.9 Å². The summed E-state index contributed by atoms with van der Waals surface area (Å²) < 4.78 is 17.3. The van der Waals surface area contributed by atoms with Crippen molar-refractivity contribution >= 4 is 51.6 Å². The van der Waals surface area contributed by atoms with Gasteiger partial charge in [0, 0.05) is 23.7 Å². The summed E-state index contributed by atoms with van der Waals surface area (Å²) in [4.78, 5) is 14.1. The third-order valence-electron chi connectivity index (χ3n) is 5.16. The van der Waals surface area contributed by atoms with Gasteiger partial charge in [-0.25, -0.2) is 9.97 Å². The summed E-state index contributed by atoms with van der Waals surface area (Å²) in [5.41, 5.74) is 7.21. The van der Waals surface area contributed by atoms with Crippen LogP contribution >= 0.6 is 23.2 Å². The van der Waals surface area contributed by atoms with Gasteiger partial charge in [0.25, 0.3) is 0 Å². The van der Waals surface area contributed by atoms with E-state index in [1.54, 1.807) is 48.5 Å². The average Bonchev–Trinajstić information content (AvgIpc) is 2.85. The Bertz CT molecular complexity index is 1270. The van der Waals surface area contributed by atoms with Crippen LogP contribution in [0.4, 0.5) is 11.5 Å². The van der Waals surface area contributed by atoms with Gasteiger partial charge in [0.15, 0.2) is 11.5 Å². The SMILES string of the molecule is COc1cc2c(Nc3ccc(Cl)c(Cl)c3)ncnc2cc1OCC1CN(C(N)=NC#N)CCO1. The maximum Gasteiger partial charge on any atom is 0.209 e. The van der Waals surface area contributed by atoms with E-state index in [4.69, 9.17) is 48.4 Å². The Morgan fingerprint density at radius 3 is 2.91 bits per heavy atom. The minimum atomic E-state index is -0.265. The van der Waals surface area contributed by atoms with Crippen molar-refractivity contribution in [3.8, 4) is 17.7 Å². The summed E-state index contributed by atoms with van der Waals surface area (Å²) in [6, 6.07) is 8.81. The minimum absolute atomic E-state index is 0.165. The number of halogens is 2. The molecule has 3 N–H and O–H groups in total. The molecule has 3 aromatic rings. The van der Waals surface area contributed by atoms with Crippen LogP contribution in [0.25, 0.3) is 10.9 Å². The van der Waals surface area contributed by atoms with E-state index in [9.17, 15) is 0 Å². The lowest BCUT2D eigenvalue weighted by atomic mass is 10.2. The van der Waals surface area contributed by atoms with Crippen LogP contribution in [0.15, 0.2) is 41.7 Å². The summed E-state index contributed by atoms with van der Waals surface area (Å²) in [6.45, 7) is 1.70. The number of rotatable bonds is 6. The molecule has 12 heteroatoms. The van der Waals surface area contributed by atoms with Gasteiger partial charge in [-0.2, -0.15) is 5.26 Å². The number of hydrogen-bond donors (Lipinski definition) is 2. The Kier molecular flexibility index (Phi) is 7.37. The molecule has 0 aliphatic carbocycles. The average molecular weight is 502 g/mol. The second-order valence-electron chi connectivity index (χ2n) is 7.32. The molecule has 1 saturated heterocycles. The summed E-state index contributed by atoms with van der Waals surface area (Å²) in [6.07, 6.45) is 2.89. The molecule has 1 aromatic heterocycles. The maximum atomic E-state index is 8.71. The Morgan fingerprint density at radius 2 is 2.15 bits per heavy atom. The molecular formula is C22H21Cl2N7O3. The highest BCUT2D eigenvalue weighted by Crippen LogP contribution is 2.35. The standard InChI is InChI=1S/C22H21Cl2N7O3/c1-32-19-7-15-18(28-12-29-21(15)30-13-2-3-16(23)17(24)6-13)8-20(19)34-10-14-9-31(4-5-33-14)22(26)27-11-25/h2-3,6-8,12,14H,4-5,9-10H2,1H3,(H2,26,27)(H,28,29,30). The van der Waals surface area contributed by atoms with Gasteiger partial charge < -0.3 is 30.2 Å². The van der Waals surface area contributed by atoms with Crippen molar-refractivity contribution in [2.24, 2.45) is 10.7 Å². The van der Waals surface area contributed by atoms with Crippen molar-refractivity contribution in [3.63, 3.8) is 0 Å². The van der Waals surface area contributed by atoms with Crippen LogP contribution < -0.4 is 20.5 Å². The quantitative estimate of drug-likeness (QED) is 0.295. The van der Waals surface area contributed by atoms with Crippen LogP contribution in [0.1, 0.15) is 0 Å². The number of benzene rings is 2. The monoisotopic (exact) mass is 501 g/mol. The Hall–Kier alpha value is -3.52. The molecule has 4 rings (SSSR count). The first-order valence-electron chi connectivity index (χ1n) is 10.2. The number of nitriles is 1. The van der Waals surface area contributed by atoms with E-state index < -0.39 is 0 Å². The van der Waals surface area contributed by atoms with Crippen molar-refractivity contribution in [3.05, 3.63) is 46.7 Å². The van der Waals surface area contributed by atoms with Crippen molar-refractivity contribution in [2.75, 3.05) is 38.7 Å². The molecule has 1 unspecified atom stereocenters. The Balaban J connectivity index is 1.53. The third kappa shape index (κ3) is 5.34.